The lowest BCUT2D eigenvalue weighted by molar-refractivity contribution is 0.0634. The first-order chi connectivity index (χ1) is 9.66. The van der Waals surface area contributed by atoms with Crippen LogP contribution in [0.4, 0.5) is 0 Å². The zero-order chi connectivity index (χ0) is 16.2. The van der Waals surface area contributed by atoms with Gasteiger partial charge in [-0.2, -0.15) is 0 Å². The number of ether oxygens (including phenoxy) is 1. The van der Waals surface area contributed by atoms with Gasteiger partial charge >= 0.3 is 0 Å². The van der Waals surface area contributed by atoms with Crippen molar-refractivity contribution in [1.82, 2.24) is 4.90 Å². The van der Waals surface area contributed by atoms with Gasteiger partial charge in [0.05, 0.1) is 11.5 Å². The first-order valence-electron chi connectivity index (χ1n) is 6.61. The van der Waals surface area contributed by atoms with Crippen LogP contribution in [-0.4, -0.2) is 45.5 Å². The van der Waals surface area contributed by atoms with Crippen LogP contribution in [0.25, 0.3) is 0 Å². The zero-order valence-electron chi connectivity index (χ0n) is 12.8. The van der Waals surface area contributed by atoms with E-state index >= 15 is 0 Å². The number of benzene rings is 1. The summed E-state index contributed by atoms with van der Waals surface area (Å²) in [6, 6.07) is 4.39. The van der Waals surface area contributed by atoms with Gasteiger partial charge in [-0.1, -0.05) is 0 Å². The minimum absolute atomic E-state index is 0.0221. The average molecular weight is 314 g/mol. The molecule has 0 aromatic heterocycles. The molecule has 1 aromatic carbocycles. The second kappa shape index (κ2) is 7.02. The van der Waals surface area contributed by atoms with Gasteiger partial charge in [0.15, 0.2) is 0 Å². The van der Waals surface area contributed by atoms with E-state index in [9.17, 15) is 13.2 Å². The normalized spacial score (nSPS) is 11.7. The third kappa shape index (κ3) is 4.80. The second-order valence-electron chi connectivity index (χ2n) is 5.16. The predicted molar refractivity (Wildman–Crippen MR) is 80.6 cm³/mol. The Kier molecular flexibility index (Phi) is 5.88. The summed E-state index contributed by atoms with van der Waals surface area (Å²) >= 11 is 0. The van der Waals surface area contributed by atoms with Gasteiger partial charge in [-0.05, 0) is 44.5 Å². The second-order valence-corrected chi connectivity index (χ2v) is 6.73. The molecule has 0 saturated heterocycles. The van der Waals surface area contributed by atoms with Gasteiger partial charge in [0, 0.05) is 25.3 Å². The summed E-state index contributed by atoms with van der Waals surface area (Å²) in [5.41, 5.74) is 0.976. The Labute approximate surface area is 125 Å². The Morgan fingerprint density at radius 2 is 1.95 bits per heavy atom. The van der Waals surface area contributed by atoms with E-state index in [0.717, 1.165) is 0 Å². The maximum absolute atomic E-state index is 12.6. The molecule has 6 nitrogen and oxygen atoms in total. The fourth-order valence-corrected chi connectivity index (χ4v) is 2.63. The molecule has 0 atom stereocenters. The standard InChI is InChI=1S/C14H22N2O4S/c1-10(2)16(5-6-20-4)14(17)12-7-11(3)8-13(9-12)21(15,18)19/h7-10H,5-6H2,1-4H3,(H2,15,18,19). The van der Waals surface area contributed by atoms with Crippen LogP contribution in [0.1, 0.15) is 29.8 Å². The maximum atomic E-state index is 12.6. The van der Waals surface area contributed by atoms with Gasteiger partial charge < -0.3 is 9.64 Å². The Morgan fingerprint density at radius 1 is 1.33 bits per heavy atom. The Hall–Kier alpha value is -1.44. The van der Waals surface area contributed by atoms with Gasteiger partial charge in [0.2, 0.25) is 10.0 Å². The van der Waals surface area contributed by atoms with Gasteiger partial charge in [-0.15, -0.1) is 0 Å². The summed E-state index contributed by atoms with van der Waals surface area (Å²) in [6.07, 6.45) is 0. The Bertz CT molecular complexity index is 611. The van der Waals surface area contributed by atoms with Gasteiger partial charge in [-0.25, -0.2) is 13.6 Å². The van der Waals surface area contributed by atoms with E-state index < -0.39 is 10.0 Å². The molecule has 0 saturated carbocycles. The fourth-order valence-electron chi connectivity index (χ4n) is 1.99. The van der Waals surface area contributed by atoms with Crippen molar-refractivity contribution >= 4 is 15.9 Å². The average Bonchev–Trinajstić information content (AvgIpc) is 2.36. The molecular weight excluding hydrogens is 292 g/mol. The SMILES string of the molecule is COCCN(C(=O)c1cc(C)cc(S(N)(=O)=O)c1)C(C)C. The molecule has 118 valence electrons. The molecule has 0 aliphatic carbocycles. The summed E-state index contributed by atoms with van der Waals surface area (Å²) < 4.78 is 27.9. The van der Waals surface area contributed by atoms with E-state index in [1.54, 1.807) is 25.0 Å². The smallest absolute Gasteiger partial charge is 0.254 e. The van der Waals surface area contributed by atoms with Gasteiger partial charge in [-0.3, -0.25) is 4.79 Å². The molecular formula is C14H22N2O4S. The molecule has 1 aromatic rings. The first kappa shape index (κ1) is 17.6. The first-order valence-corrected chi connectivity index (χ1v) is 8.16. The molecule has 7 heteroatoms. The highest BCUT2D eigenvalue weighted by Gasteiger charge is 2.20. The third-order valence-corrected chi connectivity index (χ3v) is 3.94. The number of amides is 1. The molecule has 1 rings (SSSR count). The van der Waals surface area contributed by atoms with Crippen LogP contribution in [0.15, 0.2) is 23.1 Å². The topological polar surface area (TPSA) is 89.7 Å². The summed E-state index contributed by atoms with van der Waals surface area (Å²) in [4.78, 5) is 14.1. The fraction of sp³-hybridized carbons (Fsp3) is 0.500. The number of carbonyl (C=O) groups is 1. The van der Waals surface area contributed by atoms with Crippen LogP contribution in [0, 0.1) is 6.92 Å². The van der Waals surface area contributed by atoms with E-state index in [1.807, 2.05) is 13.8 Å². The lowest BCUT2D eigenvalue weighted by Gasteiger charge is -2.26. The minimum Gasteiger partial charge on any atom is -0.383 e. The summed E-state index contributed by atoms with van der Waals surface area (Å²) in [6.45, 7) is 6.36. The van der Waals surface area contributed by atoms with Crippen LogP contribution in [0.3, 0.4) is 0 Å². The van der Waals surface area contributed by atoms with Crippen molar-refractivity contribution in [3.63, 3.8) is 0 Å². The van der Waals surface area contributed by atoms with Crippen molar-refractivity contribution < 1.29 is 17.9 Å². The monoisotopic (exact) mass is 314 g/mol. The highest BCUT2D eigenvalue weighted by Crippen LogP contribution is 2.16. The molecule has 0 spiro atoms. The molecule has 21 heavy (non-hydrogen) atoms. The van der Waals surface area contributed by atoms with Crippen molar-refractivity contribution in [1.29, 1.82) is 0 Å². The summed E-state index contributed by atoms with van der Waals surface area (Å²) in [5.74, 6) is -0.240. The molecule has 2 N–H and O–H groups in total. The molecule has 0 unspecified atom stereocenters. The van der Waals surface area contributed by atoms with Crippen molar-refractivity contribution in [2.45, 2.75) is 31.7 Å². The van der Waals surface area contributed by atoms with E-state index in [2.05, 4.69) is 0 Å². The van der Waals surface area contributed by atoms with E-state index in [-0.39, 0.29) is 16.8 Å². The van der Waals surface area contributed by atoms with Crippen molar-refractivity contribution in [3.05, 3.63) is 29.3 Å². The van der Waals surface area contributed by atoms with Crippen LogP contribution >= 0.6 is 0 Å². The molecule has 0 bridgehead atoms. The van der Waals surface area contributed by atoms with E-state index in [4.69, 9.17) is 9.88 Å². The number of methoxy groups -OCH3 is 1. The van der Waals surface area contributed by atoms with E-state index in [0.29, 0.717) is 24.3 Å². The number of carbonyl (C=O) groups excluding carboxylic acids is 1. The number of hydrogen-bond acceptors (Lipinski definition) is 4. The number of sulfonamides is 1. The van der Waals surface area contributed by atoms with Crippen LogP contribution < -0.4 is 5.14 Å². The molecule has 0 heterocycles. The third-order valence-electron chi connectivity index (χ3n) is 3.05. The lowest BCUT2D eigenvalue weighted by Crippen LogP contribution is -2.39. The molecule has 1 amide bonds. The number of hydrogen-bond donors (Lipinski definition) is 1. The predicted octanol–water partition coefficient (Wildman–Crippen LogP) is 1.14. The van der Waals surface area contributed by atoms with Gasteiger partial charge in [0.1, 0.15) is 0 Å². The van der Waals surface area contributed by atoms with Crippen molar-refractivity contribution in [2.24, 2.45) is 5.14 Å². The highest BCUT2D eigenvalue weighted by atomic mass is 32.2. The molecule has 0 radical (unpaired) electrons. The molecule has 0 aliphatic heterocycles. The number of nitrogens with zero attached hydrogens (tertiary/aromatic N) is 1. The molecule has 0 fully saturated rings. The lowest BCUT2D eigenvalue weighted by atomic mass is 10.1. The number of aryl methyl sites for hydroxylation is 1. The number of rotatable bonds is 6. The molecule has 0 aliphatic rings. The number of primary sulfonamides is 1. The summed E-state index contributed by atoms with van der Waals surface area (Å²) in [5, 5.41) is 5.14. The quantitative estimate of drug-likeness (QED) is 0.852. The van der Waals surface area contributed by atoms with Crippen molar-refractivity contribution in [2.75, 3.05) is 20.3 Å². The minimum atomic E-state index is -3.84. The number of nitrogens with two attached hydrogens (primary N) is 1. The van der Waals surface area contributed by atoms with Crippen LogP contribution in [-0.2, 0) is 14.8 Å². The zero-order valence-corrected chi connectivity index (χ0v) is 13.6. The van der Waals surface area contributed by atoms with Gasteiger partial charge in [0.25, 0.3) is 5.91 Å². The Balaban J connectivity index is 3.19. The van der Waals surface area contributed by atoms with E-state index in [1.165, 1.54) is 12.1 Å². The highest BCUT2D eigenvalue weighted by molar-refractivity contribution is 7.89. The van der Waals surface area contributed by atoms with Crippen LogP contribution in [0.2, 0.25) is 0 Å². The summed E-state index contributed by atoms with van der Waals surface area (Å²) in [7, 11) is -2.28. The largest absolute Gasteiger partial charge is 0.383 e. The van der Waals surface area contributed by atoms with Crippen molar-refractivity contribution in [3.8, 4) is 0 Å². The Morgan fingerprint density at radius 3 is 2.43 bits per heavy atom. The maximum Gasteiger partial charge on any atom is 0.254 e. The van der Waals surface area contributed by atoms with Crippen LogP contribution in [0.5, 0.6) is 0 Å².